The first-order chi connectivity index (χ1) is 13.0. The Morgan fingerprint density at radius 2 is 1.59 bits per heavy atom. The summed E-state index contributed by atoms with van der Waals surface area (Å²) >= 11 is 0. The van der Waals surface area contributed by atoms with Gasteiger partial charge in [-0.05, 0) is 51.5 Å². The molecule has 1 amide bonds. The van der Waals surface area contributed by atoms with Crippen LogP contribution in [0.15, 0.2) is 24.3 Å². The van der Waals surface area contributed by atoms with Gasteiger partial charge in [0.2, 0.25) is 0 Å². The zero-order valence-electron chi connectivity index (χ0n) is 17.2. The fourth-order valence-corrected chi connectivity index (χ4v) is 2.74. The first-order valence-electron chi connectivity index (χ1n) is 9.76. The van der Waals surface area contributed by atoms with E-state index >= 15 is 0 Å². The smallest absolute Gasteiger partial charge is 0.307 e. The number of carbonyl (C=O) groups is 2. The van der Waals surface area contributed by atoms with E-state index in [1.54, 1.807) is 4.90 Å². The number of benzene rings is 1. The highest BCUT2D eigenvalue weighted by Crippen LogP contribution is 2.11. The normalized spacial score (nSPS) is 10.7. The highest BCUT2D eigenvalue weighted by atomic mass is 16.5. The number of hydrogen-bond acceptors (Lipinski definition) is 5. The van der Waals surface area contributed by atoms with Crippen LogP contribution < -0.4 is 4.74 Å². The van der Waals surface area contributed by atoms with Crippen molar-refractivity contribution >= 4 is 11.9 Å². The van der Waals surface area contributed by atoms with Crippen LogP contribution >= 0.6 is 0 Å². The number of methoxy groups -OCH3 is 1. The molecular formula is C21H34N2O4. The number of amides is 1. The lowest BCUT2D eigenvalue weighted by molar-refractivity contribution is -0.142. The second-order valence-corrected chi connectivity index (χ2v) is 6.54. The van der Waals surface area contributed by atoms with Crippen LogP contribution in [0.4, 0.5) is 0 Å². The number of nitrogens with zero attached hydrogens (tertiary/aromatic N) is 2. The maximum atomic E-state index is 12.6. The molecule has 0 aliphatic heterocycles. The van der Waals surface area contributed by atoms with E-state index in [0.29, 0.717) is 18.8 Å². The average molecular weight is 379 g/mol. The molecule has 0 spiro atoms. The van der Waals surface area contributed by atoms with Crippen molar-refractivity contribution in [2.75, 3.05) is 46.4 Å². The van der Waals surface area contributed by atoms with Crippen molar-refractivity contribution in [1.29, 1.82) is 0 Å². The lowest BCUT2D eigenvalue weighted by Gasteiger charge is -2.23. The second-order valence-electron chi connectivity index (χ2n) is 6.54. The van der Waals surface area contributed by atoms with Gasteiger partial charge in [-0.25, -0.2) is 0 Å². The molecule has 6 heteroatoms. The van der Waals surface area contributed by atoms with Gasteiger partial charge in [0.25, 0.3) is 5.91 Å². The third-order valence-corrected chi connectivity index (χ3v) is 4.60. The number of hydrogen-bond donors (Lipinski definition) is 0. The van der Waals surface area contributed by atoms with Crippen LogP contribution in [-0.2, 0) is 14.3 Å². The molecule has 0 unspecified atom stereocenters. The van der Waals surface area contributed by atoms with Crippen molar-refractivity contribution < 1.29 is 19.1 Å². The zero-order valence-corrected chi connectivity index (χ0v) is 17.2. The Morgan fingerprint density at radius 1 is 0.963 bits per heavy atom. The Balaban J connectivity index is 2.51. The number of unbranched alkanes of at least 4 members (excludes halogenated alkanes) is 1. The van der Waals surface area contributed by atoms with E-state index < -0.39 is 0 Å². The number of rotatable bonds is 13. The molecule has 0 aliphatic carbocycles. The molecule has 6 nitrogen and oxygen atoms in total. The van der Waals surface area contributed by atoms with E-state index in [4.69, 9.17) is 9.47 Å². The van der Waals surface area contributed by atoms with Gasteiger partial charge in [-0.15, -0.1) is 0 Å². The summed E-state index contributed by atoms with van der Waals surface area (Å²) < 4.78 is 10.3. The van der Waals surface area contributed by atoms with Crippen molar-refractivity contribution in [2.45, 2.75) is 40.0 Å². The van der Waals surface area contributed by atoms with Crippen molar-refractivity contribution in [2.24, 2.45) is 0 Å². The highest BCUT2D eigenvalue weighted by molar-refractivity contribution is 5.78. The topological polar surface area (TPSA) is 59.1 Å². The van der Waals surface area contributed by atoms with Crippen LogP contribution in [0.5, 0.6) is 5.75 Å². The molecule has 152 valence electrons. The molecule has 0 aromatic heterocycles. The Kier molecular flexibility index (Phi) is 11.2. The minimum atomic E-state index is -0.310. The van der Waals surface area contributed by atoms with Crippen LogP contribution in [-0.4, -0.2) is 68.1 Å². The lowest BCUT2D eigenvalue weighted by atomic mass is 10.2. The van der Waals surface area contributed by atoms with Gasteiger partial charge in [0.1, 0.15) is 5.75 Å². The van der Waals surface area contributed by atoms with Gasteiger partial charge in [-0.3, -0.25) is 9.59 Å². The molecule has 0 fully saturated rings. The van der Waals surface area contributed by atoms with Crippen LogP contribution in [0.1, 0.15) is 38.7 Å². The van der Waals surface area contributed by atoms with Crippen LogP contribution in [0.25, 0.3) is 0 Å². The Labute approximate surface area is 163 Å². The van der Waals surface area contributed by atoms with Crippen molar-refractivity contribution in [3.8, 4) is 5.75 Å². The fourth-order valence-electron chi connectivity index (χ4n) is 2.74. The Morgan fingerprint density at radius 3 is 2.19 bits per heavy atom. The molecule has 1 aromatic carbocycles. The SMILES string of the molecule is CCN(CC)CCCCN(CCC(=O)OC)C(=O)COc1ccc(C)cc1. The molecule has 0 atom stereocenters. The second kappa shape index (κ2) is 13.1. The van der Waals surface area contributed by atoms with Gasteiger partial charge in [-0.2, -0.15) is 0 Å². The van der Waals surface area contributed by atoms with E-state index in [0.717, 1.165) is 38.0 Å². The first kappa shape index (κ1) is 23.0. The van der Waals surface area contributed by atoms with Gasteiger partial charge in [-0.1, -0.05) is 31.5 Å². The van der Waals surface area contributed by atoms with Crippen molar-refractivity contribution in [1.82, 2.24) is 9.80 Å². The van der Waals surface area contributed by atoms with E-state index in [2.05, 4.69) is 18.7 Å². The molecule has 0 bridgehead atoms. The third-order valence-electron chi connectivity index (χ3n) is 4.60. The quantitative estimate of drug-likeness (QED) is 0.390. The van der Waals surface area contributed by atoms with Crippen molar-refractivity contribution in [3.05, 3.63) is 29.8 Å². The van der Waals surface area contributed by atoms with Crippen molar-refractivity contribution in [3.63, 3.8) is 0 Å². The van der Waals surface area contributed by atoms with Gasteiger partial charge in [0.05, 0.1) is 13.5 Å². The molecule has 1 rings (SSSR count). The highest BCUT2D eigenvalue weighted by Gasteiger charge is 2.16. The van der Waals surface area contributed by atoms with Gasteiger partial charge < -0.3 is 19.3 Å². The summed E-state index contributed by atoms with van der Waals surface area (Å²) in [6.45, 7) is 10.3. The van der Waals surface area contributed by atoms with Crippen LogP contribution in [0, 0.1) is 6.92 Å². The molecular weight excluding hydrogens is 344 g/mol. The average Bonchev–Trinajstić information content (AvgIpc) is 2.69. The summed E-state index contributed by atoms with van der Waals surface area (Å²) in [6.07, 6.45) is 2.11. The van der Waals surface area contributed by atoms with E-state index in [1.807, 2.05) is 31.2 Å². The Bertz CT molecular complexity index is 556. The first-order valence-corrected chi connectivity index (χ1v) is 9.76. The number of esters is 1. The minimum Gasteiger partial charge on any atom is -0.484 e. The molecule has 0 heterocycles. The van der Waals surface area contributed by atoms with Gasteiger partial charge in [0.15, 0.2) is 6.61 Å². The summed E-state index contributed by atoms with van der Waals surface area (Å²) in [7, 11) is 1.36. The summed E-state index contributed by atoms with van der Waals surface area (Å²) in [4.78, 5) is 28.1. The molecule has 0 radical (unpaired) electrons. The predicted octanol–water partition coefficient (Wildman–Crippen LogP) is 2.89. The summed E-state index contributed by atoms with van der Waals surface area (Å²) in [5.74, 6) is 0.251. The van der Waals surface area contributed by atoms with E-state index in [-0.39, 0.29) is 24.9 Å². The monoisotopic (exact) mass is 378 g/mol. The summed E-state index contributed by atoms with van der Waals surface area (Å²) in [5, 5.41) is 0. The maximum absolute atomic E-state index is 12.6. The number of ether oxygens (including phenoxy) is 2. The van der Waals surface area contributed by atoms with E-state index in [1.165, 1.54) is 7.11 Å². The van der Waals surface area contributed by atoms with Crippen LogP contribution in [0.3, 0.4) is 0 Å². The number of carbonyl (C=O) groups excluding carboxylic acids is 2. The predicted molar refractivity (Wildman–Crippen MR) is 107 cm³/mol. The third kappa shape index (κ3) is 9.43. The van der Waals surface area contributed by atoms with Crippen LogP contribution in [0.2, 0.25) is 0 Å². The van der Waals surface area contributed by atoms with Gasteiger partial charge >= 0.3 is 5.97 Å². The summed E-state index contributed by atoms with van der Waals surface area (Å²) in [5.41, 5.74) is 1.14. The Hall–Kier alpha value is -2.08. The van der Waals surface area contributed by atoms with E-state index in [9.17, 15) is 9.59 Å². The zero-order chi connectivity index (χ0) is 20.1. The largest absolute Gasteiger partial charge is 0.484 e. The molecule has 0 saturated carbocycles. The molecule has 0 aliphatic rings. The van der Waals surface area contributed by atoms with Gasteiger partial charge in [0, 0.05) is 13.1 Å². The summed E-state index contributed by atoms with van der Waals surface area (Å²) in [6, 6.07) is 7.60. The standard InChI is InChI=1S/C21H34N2O4/c1-5-22(6-2)14-7-8-15-23(16-13-21(25)26-4)20(24)17-27-19-11-9-18(3)10-12-19/h9-12H,5-8,13-17H2,1-4H3. The lowest BCUT2D eigenvalue weighted by Crippen LogP contribution is -2.37. The molecule has 1 aromatic rings. The maximum Gasteiger partial charge on any atom is 0.307 e. The fraction of sp³-hybridized carbons (Fsp3) is 0.619. The molecule has 0 saturated heterocycles. The molecule has 27 heavy (non-hydrogen) atoms. The number of aryl methyl sites for hydroxylation is 1. The molecule has 0 N–H and O–H groups in total. The minimum absolute atomic E-state index is 0.0275.